The molecule has 1 rings (SSSR count). The lowest BCUT2D eigenvalue weighted by Crippen LogP contribution is -2.39. The van der Waals surface area contributed by atoms with Crippen molar-refractivity contribution in [3.8, 4) is 12.1 Å². The lowest BCUT2D eigenvalue weighted by molar-refractivity contribution is -0.119. The summed E-state index contributed by atoms with van der Waals surface area (Å²) < 4.78 is 1.33. The van der Waals surface area contributed by atoms with E-state index >= 15 is 0 Å². The maximum Gasteiger partial charge on any atom is 0.236 e. The zero-order valence-corrected chi connectivity index (χ0v) is 7.71. The molecule has 0 bridgehead atoms. The van der Waals surface area contributed by atoms with Gasteiger partial charge in [-0.2, -0.15) is 10.5 Å². The number of amides is 1. The minimum Gasteiger partial charge on any atom is -0.368 e. The molecule has 4 N–H and O–H groups in total. The first-order valence-corrected chi connectivity index (χ1v) is 4.00. The molecule has 0 spiro atoms. The van der Waals surface area contributed by atoms with Gasteiger partial charge in [0.05, 0.1) is 6.33 Å². The Morgan fingerprint density at radius 1 is 1.60 bits per heavy atom. The molecule has 0 radical (unpaired) electrons. The summed E-state index contributed by atoms with van der Waals surface area (Å²) in [6.07, 6.45) is 1.28. The van der Waals surface area contributed by atoms with Crippen LogP contribution < -0.4 is 11.5 Å². The van der Waals surface area contributed by atoms with Gasteiger partial charge in [0, 0.05) is 6.54 Å². The molecule has 1 amide bonds. The van der Waals surface area contributed by atoms with Gasteiger partial charge in [0.1, 0.15) is 18.2 Å². The molecule has 1 unspecified atom stereocenters. The number of nitriles is 2. The van der Waals surface area contributed by atoms with Crippen molar-refractivity contribution in [2.75, 3.05) is 0 Å². The maximum absolute atomic E-state index is 10.7. The number of hydrogen-bond acceptors (Lipinski definition) is 5. The second-order valence-electron chi connectivity index (χ2n) is 2.83. The highest BCUT2D eigenvalue weighted by molar-refractivity contribution is 5.79. The second kappa shape index (κ2) is 4.22. The van der Waals surface area contributed by atoms with Crippen molar-refractivity contribution in [1.82, 2.24) is 9.55 Å². The van der Waals surface area contributed by atoms with Crippen LogP contribution in [0.25, 0.3) is 0 Å². The first kappa shape index (κ1) is 10.7. The summed E-state index contributed by atoms with van der Waals surface area (Å²) in [6.45, 7) is 0.0346. The fraction of sp³-hybridized carbons (Fsp3) is 0.250. The first-order valence-electron chi connectivity index (χ1n) is 4.00. The number of nitrogens with two attached hydrogens (primary N) is 2. The fourth-order valence-electron chi connectivity index (χ4n) is 1.02. The molecular weight excluding hydrogens is 196 g/mol. The third-order valence-electron chi connectivity index (χ3n) is 1.81. The Labute approximate surface area is 85.5 Å². The van der Waals surface area contributed by atoms with Gasteiger partial charge in [-0.05, 0) is 0 Å². The van der Waals surface area contributed by atoms with Gasteiger partial charge in [0.25, 0.3) is 0 Å². The van der Waals surface area contributed by atoms with E-state index < -0.39 is 11.9 Å². The van der Waals surface area contributed by atoms with E-state index in [-0.39, 0.29) is 17.9 Å². The molecule has 0 aliphatic carbocycles. The van der Waals surface area contributed by atoms with Crippen LogP contribution in [0.5, 0.6) is 0 Å². The minimum atomic E-state index is -0.905. The summed E-state index contributed by atoms with van der Waals surface area (Å²) in [5, 5.41) is 17.4. The highest BCUT2D eigenvalue weighted by Gasteiger charge is 2.15. The molecular formula is C8H8N6O. The third kappa shape index (κ3) is 2.10. The van der Waals surface area contributed by atoms with Gasteiger partial charge in [-0.1, -0.05) is 0 Å². The smallest absolute Gasteiger partial charge is 0.236 e. The van der Waals surface area contributed by atoms with Crippen LogP contribution in [0, 0.1) is 22.7 Å². The zero-order valence-electron chi connectivity index (χ0n) is 7.71. The number of imidazole rings is 1. The standard InChI is InChI=1S/C8H8N6O/c9-1-6-7(2-10)14(4-13-6)3-5(11)8(12)15/h4-5H,3,11H2,(H2,12,15). The lowest BCUT2D eigenvalue weighted by atomic mass is 10.3. The third-order valence-corrected chi connectivity index (χ3v) is 1.81. The van der Waals surface area contributed by atoms with E-state index in [1.807, 2.05) is 6.07 Å². The van der Waals surface area contributed by atoms with E-state index in [0.29, 0.717) is 0 Å². The predicted molar refractivity (Wildman–Crippen MR) is 48.8 cm³/mol. The van der Waals surface area contributed by atoms with Gasteiger partial charge < -0.3 is 16.0 Å². The van der Waals surface area contributed by atoms with Gasteiger partial charge >= 0.3 is 0 Å². The van der Waals surface area contributed by atoms with Crippen molar-refractivity contribution in [2.24, 2.45) is 11.5 Å². The molecule has 0 saturated heterocycles. The molecule has 0 aromatic carbocycles. The zero-order chi connectivity index (χ0) is 11.4. The molecule has 0 aliphatic heterocycles. The summed E-state index contributed by atoms with van der Waals surface area (Å²) in [7, 11) is 0. The molecule has 1 aromatic rings. The average Bonchev–Trinajstić information content (AvgIpc) is 2.59. The Morgan fingerprint density at radius 2 is 2.27 bits per heavy atom. The van der Waals surface area contributed by atoms with Crippen molar-refractivity contribution < 1.29 is 4.79 Å². The molecule has 1 aromatic heterocycles. The Morgan fingerprint density at radius 3 is 2.73 bits per heavy atom. The van der Waals surface area contributed by atoms with Crippen LogP contribution >= 0.6 is 0 Å². The van der Waals surface area contributed by atoms with E-state index in [2.05, 4.69) is 4.98 Å². The largest absolute Gasteiger partial charge is 0.368 e. The number of carbonyl (C=O) groups excluding carboxylic acids is 1. The van der Waals surface area contributed by atoms with Gasteiger partial charge in [-0.3, -0.25) is 4.79 Å². The number of nitrogens with zero attached hydrogens (tertiary/aromatic N) is 4. The summed E-state index contributed by atoms with van der Waals surface area (Å²) in [6, 6.07) is 2.66. The van der Waals surface area contributed by atoms with Gasteiger partial charge in [-0.25, -0.2) is 4.98 Å². The highest BCUT2D eigenvalue weighted by Crippen LogP contribution is 2.05. The molecule has 0 saturated carbocycles. The summed E-state index contributed by atoms with van der Waals surface area (Å²) in [5.74, 6) is -0.675. The van der Waals surface area contributed by atoms with Crippen LogP contribution in [0.1, 0.15) is 11.4 Å². The molecule has 1 heterocycles. The first-order chi connectivity index (χ1) is 7.10. The van der Waals surface area contributed by atoms with E-state index in [4.69, 9.17) is 22.0 Å². The summed E-state index contributed by atoms with van der Waals surface area (Å²) in [4.78, 5) is 14.4. The highest BCUT2D eigenvalue weighted by atomic mass is 16.1. The summed E-state index contributed by atoms with van der Waals surface area (Å²) in [5.41, 5.74) is 10.5. The second-order valence-corrected chi connectivity index (χ2v) is 2.83. The average molecular weight is 204 g/mol. The van der Waals surface area contributed by atoms with E-state index in [9.17, 15) is 4.79 Å². The van der Waals surface area contributed by atoms with Crippen molar-refractivity contribution in [3.63, 3.8) is 0 Å². The Balaban J connectivity index is 2.98. The van der Waals surface area contributed by atoms with Crippen LogP contribution in [0.2, 0.25) is 0 Å². The van der Waals surface area contributed by atoms with Crippen LogP contribution in [0.15, 0.2) is 6.33 Å². The minimum absolute atomic E-state index is 0.00849. The van der Waals surface area contributed by atoms with Crippen LogP contribution in [0.3, 0.4) is 0 Å². The number of hydrogen-bond donors (Lipinski definition) is 2. The number of rotatable bonds is 3. The molecule has 0 fully saturated rings. The van der Waals surface area contributed by atoms with Crippen molar-refractivity contribution in [3.05, 3.63) is 17.7 Å². The molecule has 15 heavy (non-hydrogen) atoms. The SMILES string of the molecule is N#Cc1ncn(CC(N)C(N)=O)c1C#N. The Kier molecular flexibility index (Phi) is 3.01. The van der Waals surface area contributed by atoms with Gasteiger partial charge in [-0.15, -0.1) is 0 Å². The van der Waals surface area contributed by atoms with Crippen molar-refractivity contribution >= 4 is 5.91 Å². The van der Waals surface area contributed by atoms with Crippen molar-refractivity contribution in [1.29, 1.82) is 10.5 Å². The van der Waals surface area contributed by atoms with E-state index in [0.717, 1.165) is 0 Å². The Hall–Kier alpha value is -2.38. The molecule has 1 atom stereocenters. The normalized spacial score (nSPS) is 11.4. The van der Waals surface area contributed by atoms with Gasteiger partial charge in [0.2, 0.25) is 5.91 Å². The monoisotopic (exact) mass is 204 g/mol. The molecule has 76 valence electrons. The van der Waals surface area contributed by atoms with Crippen LogP contribution in [0.4, 0.5) is 0 Å². The Bertz CT molecular complexity index is 462. The molecule has 0 aliphatic rings. The van der Waals surface area contributed by atoms with Crippen molar-refractivity contribution in [2.45, 2.75) is 12.6 Å². The van der Waals surface area contributed by atoms with E-state index in [1.54, 1.807) is 6.07 Å². The number of primary amides is 1. The topological polar surface area (TPSA) is 135 Å². The summed E-state index contributed by atoms with van der Waals surface area (Å²) >= 11 is 0. The van der Waals surface area contributed by atoms with E-state index in [1.165, 1.54) is 10.9 Å². The molecule has 7 heteroatoms. The molecule has 7 nitrogen and oxygen atoms in total. The number of carbonyl (C=O) groups is 1. The number of aromatic nitrogens is 2. The quantitative estimate of drug-likeness (QED) is 0.613. The lowest BCUT2D eigenvalue weighted by Gasteiger charge is -2.08. The fourth-order valence-corrected chi connectivity index (χ4v) is 1.02. The maximum atomic E-state index is 10.7. The van der Waals surface area contributed by atoms with Gasteiger partial charge in [0.15, 0.2) is 11.4 Å². The predicted octanol–water partition coefficient (Wildman–Crippen LogP) is -1.56. The van der Waals surface area contributed by atoms with Crippen LogP contribution in [-0.2, 0) is 11.3 Å². The van der Waals surface area contributed by atoms with Crippen LogP contribution in [-0.4, -0.2) is 21.5 Å².